The summed E-state index contributed by atoms with van der Waals surface area (Å²) in [6.07, 6.45) is 4.11. The van der Waals surface area contributed by atoms with Crippen LogP contribution in [0.3, 0.4) is 0 Å². The average molecular weight is 279 g/mol. The third-order valence-corrected chi connectivity index (χ3v) is 4.47. The van der Waals surface area contributed by atoms with Gasteiger partial charge in [-0.05, 0) is 49.9 Å². The summed E-state index contributed by atoms with van der Waals surface area (Å²) in [5.74, 6) is 0.184. The predicted molar refractivity (Wildman–Crippen MR) is 76.4 cm³/mol. The number of carbonyl (C=O) groups is 1. The van der Waals surface area contributed by atoms with E-state index in [4.69, 9.17) is 11.6 Å². The molecule has 1 aliphatic carbocycles. The Morgan fingerprint density at radius 2 is 2.05 bits per heavy atom. The maximum Gasteiger partial charge on any atom is 0.230 e. The Morgan fingerprint density at radius 3 is 2.63 bits per heavy atom. The van der Waals surface area contributed by atoms with Gasteiger partial charge in [-0.15, -0.1) is 0 Å². The maximum atomic E-state index is 12.5. The molecule has 4 heteroatoms. The van der Waals surface area contributed by atoms with Crippen LogP contribution in [-0.2, 0) is 10.2 Å². The number of nitrogens with one attached hydrogen (secondary N) is 2. The Hall–Kier alpha value is -1.06. The van der Waals surface area contributed by atoms with Crippen LogP contribution in [0.1, 0.15) is 31.2 Å². The normalized spacial score (nSPS) is 24.8. The molecule has 2 fully saturated rings. The number of hydrogen-bond acceptors (Lipinski definition) is 2. The van der Waals surface area contributed by atoms with E-state index in [1.807, 2.05) is 24.3 Å². The number of halogens is 1. The van der Waals surface area contributed by atoms with Crippen molar-refractivity contribution in [2.24, 2.45) is 0 Å². The summed E-state index contributed by atoms with van der Waals surface area (Å²) < 4.78 is 0. The molecule has 1 atom stereocenters. The first-order chi connectivity index (χ1) is 9.21. The van der Waals surface area contributed by atoms with Gasteiger partial charge >= 0.3 is 0 Å². The molecule has 0 spiro atoms. The molecular formula is C15H19ClN2O. The van der Waals surface area contributed by atoms with E-state index in [9.17, 15) is 4.79 Å². The second kappa shape index (κ2) is 5.14. The summed E-state index contributed by atoms with van der Waals surface area (Å²) >= 11 is 5.91. The Bertz CT molecular complexity index is 462. The van der Waals surface area contributed by atoms with Crippen molar-refractivity contribution in [3.05, 3.63) is 34.9 Å². The molecule has 3 nitrogen and oxygen atoms in total. The van der Waals surface area contributed by atoms with Crippen LogP contribution in [0, 0.1) is 0 Å². The second-order valence-corrected chi connectivity index (χ2v) is 6.04. The number of amides is 1. The molecule has 102 valence electrons. The number of rotatable bonds is 3. The van der Waals surface area contributed by atoms with Crippen LogP contribution in [-0.4, -0.2) is 25.0 Å². The highest BCUT2D eigenvalue weighted by Gasteiger charge is 2.51. The molecule has 1 saturated heterocycles. The molecule has 19 heavy (non-hydrogen) atoms. The lowest BCUT2D eigenvalue weighted by Crippen LogP contribution is -2.48. The molecule has 1 aromatic rings. The van der Waals surface area contributed by atoms with Gasteiger partial charge in [0.15, 0.2) is 0 Å². The van der Waals surface area contributed by atoms with Gasteiger partial charge in [-0.1, -0.05) is 23.7 Å². The summed E-state index contributed by atoms with van der Waals surface area (Å²) in [7, 11) is 0. The van der Waals surface area contributed by atoms with E-state index < -0.39 is 0 Å². The van der Waals surface area contributed by atoms with Gasteiger partial charge < -0.3 is 10.6 Å². The molecule has 1 heterocycles. The van der Waals surface area contributed by atoms with Crippen molar-refractivity contribution >= 4 is 17.5 Å². The fraction of sp³-hybridized carbons (Fsp3) is 0.533. The van der Waals surface area contributed by atoms with Crippen molar-refractivity contribution in [3.8, 4) is 0 Å². The zero-order chi connectivity index (χ0) is 13.3. The van der Waals surface area contributed by atoms with Crippen molar-refractivity contribution in [2.45, 2.75) is 37.1 Å². The fourth-order valence-electron chi connectivity index (χ4n) is 2.84. The number of piperidine rings is 1. The van der Waals surface area contributed by atoms with Gasteiger partial charge in [0.1, 0.15) is 0 Å². The van der Waals surface area contributed by atoms with E-state index in [0.29, 0.717) is 0 Å². The molecule has 1 aliphatic heterocycles. The Balaban J connectivity index is 1.70. The van der Waals surface area contributed by atoms with E-state index in [-0.39, 0.29) is 17.4 Å². The van der Waals surface area contributed by atoms with Crippen LogP contribution in [0.25, 0.3) is 0 Å². The first-order valence-electron chi connectivity index (χ1n) is 6.98. The summed E-state index contributed by atoms with van der Waals surface area (Å²) in [6.45, 7) is 1.96. The number of hydrogen-bond donors (Lipinski definition) is 2. The smallest absolute Gasteiger partial charge is 0.230 e. The third kappa shape index (κ3) is 2.63. The van der Waals surface area contributed by atoms with E-state index in [0.717, 1.165) is 49.4 Å². The topological polar surface area (TPSA) is 41.1 Å². The molecule has 3 rings (SSSR count). The summed E-state index contributed by atoms with van der Waals surface area (Å²) in [5, 5.41) is 7.25. The first-order valence-corrected chi connectivity index (χ1v) is 7.36. The summed E-state index contributed by atoms with van der Waals surface area (Å²) in [6, 6.07) is 7.98. The zero-order valence-electron chi connectivity index (χ0n) is 10.9. The van der Waals surface area contributed by atoms with E-state index >= 15 is 0 Å². The average Bonchev–Trinajstić information content (AvgIpc) is 3.22. The quantitative estimate of drug-likeness (QED) is 0.890. The van der Waals surface area contributed by atoms with Gasteiger partial charge in [0.05, 0.1) is 5.41 Å². The van der Waals surface area contributed by atoms with Gasteiger partial charge in [0.25, 0.3) is 0 Å². The van der Waals surface area contributed by atoms with Crippen LogP contribution >= 0.6 is 11.6 Å². The molecule has 0 aromatic heterocycles. The monoisotopic (exact) mass is 278 g/mol. The lowest BCUT2D eigenvalue weighted by atomic mass is 9.94. The summed E-state index contributed by atoms with van der Waals surface area (Å²) in [5.41, 5.74) is 0.806. The van der Waals surface area contributed by atoms with E-state index in [1.165, 1.54) is 0 Å². The van der Waals surface area contributed by atoms with Gasteiger partial charge in [-0.25, -0.2) is 0 Å². The lowest BCUT2D eigenvalue weighted by Gasteiger charge is -2.26. The van der Waals surface area contributed by atoms with Gasteiger partial charge in [-0.2, -0.15) is 0 Å². The van der Waals surface area contributed by atoms with Gasteiger partial charge in [0, 0.05) is 17.6 Å². The molecule has 2 N–H and O–H groups in total. The highest BCUT2D eigenvalue weighted by Crippen LogP contribution is 2.48. The lowest BCUT2D eigenvalue weighted by molar-refractivity contribution is -0.124. The third-order valence-electron chi connectivity index (χ3n) is 4.21. The molecule has 0 radical (unpaired) electrons. The molecule has 2 aliphatic rings. The van der Waals surface area contributed by atoms with E-state index in [1.54, 1.807) is 0 Å². The maximum absolute atomic E-state index is 12.5. The minimum Gasteiger partial charge on any atom is -0.351 e. The Labute approximate surface area is 118 Å². The van der Waals surface area contributed by atoms with Crippen LogP contribution in [0.4, 0.5) is 0 Å². The summed E-state index contributed by atoms with van der Waals surface area (Å²) in [4.78, 5) is 12.5. The number of carbonyl (C=O) groups excluding carboxylic acids is 1. The zero-order valence-corrected chi connectivity index (χ0v) is 11.7. The minimum atomic E-state index is -0.290. The fourth-order valence-corrected chi connectivity index (χ4v) is 2.97. The van der Waals surface area contributed by atoms with Crippen LogP contribution in [0.2, 0.25) is 5.02 Å². The highest BCUT2D eigenvalue weighted by molar-refractivity contribution is 6.30. The molecule has 1 aromatic carbocycles. The molecule has 1 unspecified atom stereocenters. The molecule has 1 amide bonds. The predicted octanol–water partition coefficient (Wildman–Crippen LogP) is 2.24. The van der Waals surface area contributed by atoms with Crippen molar-refractivity contribution in [3.63, 3.8) is 0 Å². The largest absolute Gasteiger partial charge is 0.351 e. The second-order valence-electron chi connectivity index (χ2n) is 5.61. The molecular weight excluding hydrogens is 260 g/mol. The van der Waals surface area contributed by atoms with Crippen molar-refractivity contribution in [1.29, 1.82) is 0 Å². The SMILES string of the molecule is O=C(NC1CCCNC1)C1(c2ccc(Cl)cc2)CC1. The highest BCUT2D eigenvalue weighted by atomic mass is 35.5. The van der Waals surface area contributed by atoms with Crippen LogP contribution in [0.5, 0.6) is 0 Å². The van der Waals surface area contributed by atoms with Gasteiger partial charge in [0.2, 0.25) is 5.91 Å². The Kier molecular flexibility index (Phi) is 3.50. The van der Waals surface area contributed by atoms with Crippen molar-refractivity contribution < 1.29 is 4.79 Å². The van der Waals surface area contributed by atoms with Crippen molar-refractivity contribution in [2.75, 3.05) is 13.1 Å². The molecule has 0 bridgehead atoms. The van der Waals surface area contributed by atoms with Crippen LogP contribution < -0.4 is 10.6 Å². The first kappa shape index (κ1) is 12.9. The standard InChI is InChI=1S/C15H19ClN2O/c16-12-5-3-11(4-6-12)15(7-8-15)14(19)18-13-2-1-9-17-10-13/h3-6,13,17H,1-2,7-10H2,(H,18,19). The Morgan fingerprint density at radius 1 is 1.32 bits per heavy atom. The minimum absolute atomic E-state index is 0.184. The van der Waals surface area contributed by atoms with Crippen molar-refractivity contribution in [1.82, 2.24) is 10.6 Å². The van der Waals surface area contributed by atoms with Gasteiger partial charge in [-0.3, -0.25) is 4.79 Å². The van der Waals surface area contributed by atoms with Crippen LogP contribution in [0.15, 0.2) is 24.3 Å². The molecule has 1 saturated carbocycles. The van der Waals surface area contributed by atoms with E-state index in [2.05, 4.69) is 10.6 Å². The number of benzene rings is 1.